The summed E-state index contributed by atoms with van der Waals surface area (Å²) in [6.07, 6.45) is 2.87. The molecule has 1 amide bonds. The summed E-state index contributed by atoms with van der Waals surface area (Å²) in [5.74, 6) is -0.441. The van der Waals surface area contributed by atoms with E-state index in [4.69, 9.17) is 27.9 Å². The Morgan fingerprint density at radius 1 is 1.36 bits per heavy atom. The van der Waals surface area contributed by atoms with Crippen molar-refractivity contribution in [1.29, 1.82) is 0 Å². The molecule has 0 aromatic carbocycles. The van der Waals surface area contributed by atoms with Gasteiger partial charge in [0.2, 0.25) is 5.91 Å². The minimum Gasteiger partial charge on any atom is -0.356 e. The molecule has 6 nitrogen and oxygen atoms in total. The van der Waals surface area contributed by atoms with E-state index in [0.717, 1.165) is 30.7 Å². The lowest BCUT2D eigenvalue weighted by molar-refractivity contribution is -0.113. The Kier molecular flexibility index (Phi) is 5.61. The Bertz CT molecular complexity index is 785. The van der Waals surface area contributed by atoms with Gasteiger partial charge in [-0.05, 0) is 45.2 Å². The van der Waals surface area contributed by atoms with Crippen molar-refractivity contribution in [3.8, 4) is 11.3 Å². The molecule has 2 aromatic heterocycles. The number of amides is 1. The van der Waals surface area contributed by atoms with Crippen LogP contribution in [0.2, 0.25) is 5.15 Å². The van der Waals surface area contributed by atoms with Crippen molar-refractivity contribution in [2.45, 2.75) is 39.3 Å². The fourth-order valence-electron chi connectivity index (χ4n) is 3.00. The zero-order valence-electron chi connectivity index (χ0n) is 14.2. The second-order valence-corrected chi connectivity index (χ2v) is 6.72. The molecular formula is C17H20Cl2N4O2. The topological polar surface area (TPSA) is 69.0 Å². The largest absolute Gasteiger partial charge is 0.356 e. The number of carbonyl (C=O) groups is 1. The number of halogens is 2. The lowest BCUT2D eigenvalue weighted by atomic mass is 10.1. The van der Waals surface area contributed by atoms with Gasteiger partial charge in [0, 0.05) is 12.3 Å². The number of aryl methyl sites for hydroxylation is 2. The summed E-state index contributed by atoms with van der Waals surface area (Å²) < 4.78 is 7.71. The van der Waals surface area contributed by atoms with Gasteiger partial charge in [0.1, 0.15) is 11.0 Å². The summed E-state index contributed by atoms with van der Waals surface area (Å²) in [4.78, 5) is 16.2. The molecule has 0 aliphatic carbocycles. The Labute approximate surface area is 156 Å². The number of rotatable bonds is 4. The van der Waals surface area contributed by atoms with Gasteiger partial charge in [-0.2, -0.15) is 5.10 Å². The molecule has 1 atom stereocenters. The Morgan fingerprint density at radius 2 is 2.16 bits per heavy atom. The van der Waals surface area contributed by atoms with Crippen LogP contribution in [0.3, 0.4) is 0 Å². The van der Waals surface area contributed by atoms with Gasteiger partial charge < -0.3 is 10.1 Å². The molecule has 2 aromatic rings. The summed E-state index contributed by atoms with van der Waals surface area (Å²) in [5.41, 5.74) is 3.51. The number of hydrogen-bond acceptors (Lipinski definition) is 4. The highest BCUT2D eigenvalue weighted by Crippen LogP contribution is 2.37. The van der Waals surface area contributed by atoms with Crippen molar-refractivity contribution >= 4 is 34.8 Å². The van der Waals surface area contributed by atoms with Crippen molar-refractivity contribution in [1.82, 2.24) is 14.8 Å². The van der Waals surface area contributed by atoms with Crippen LogP contribution < -0.4 is 5.32 Å². The maximum Gasteiger partial charge on any atom is 0.239 e. The number of pyridine rings is 1. The van der Waals surface area contributed by atoms with Crippen molar-refractivity contribution < 1.29 is 9.53 Å². The minimum absolute atomic E-state index is 0.136. The average molecular weight is 383 g/mol. The molecule has 25 heavy (non-hydrogen) atoms. The molecule has 3 heterocycles. The van der Waals surface area contributed by atoms with Crippen LogP contribution in [0.4, 0.5) is 5.69 Å². The van der Waals surface area contributed by atoms with Gasteiger partial charge >= 0.3 is 0 Å². The van der Waals surface area contributed by atoms with Crippen molar-refractivity contribution in [2.24, 2.45) is 0 Å². The zero-order valence-corrected chi connectivity index (χ0v) is 15.7. The van der Waals surface area contributed by atoms with Crippen molar-refractivity contribution in [2.75, 3.05) is 17.8 Å². The fourth-order valence-corrected chi connectivity index (χ4v) is 3.40. The Balaban J connectivity index is 2.11. The van der Waals surface area contributed by atoms with Crippen molar-refractivity contribution in [3.63, 3.8) is 0 Å². The lowest BCUT2D eigenvalue weighted by Crippen LogP contribution is -2.21. The molecule has 1 fully saturated rings. The van der Waals surface area contributed by atoms with Crippen molar-refractivity contribution in [3.05, 3.63) is 28.7 Å². The molecule has 1 aliphatic heterocycles. The molecule has 0 spiro atoms. The van der Waals surface area contributed by atoms with Crippen LogP contribution in [0.5, 0.6) is 0 Å². The van der Waals surface area contributed by atoms with E-state index in [1.165, 1.54) is 0 Å². The molecule has 134 valence electrons. The van der Waals surface area contributed by atoms with Gasteiger partial charge in [0.15, 0.2) is 6.23 Å². The molecule has 1 aliphatic rings. The lowest BCUT2D eigenvalue weighted by Gasteiger charge is -2.25. The van der Waals surface area contributed by atoms with Crippen LogP contribution in [-0.2, 0) is 9.53 Å². The summed E-state index contributed by atoms with van der Waals surface area (Å²) in [7, 11) is 0. The van der Waals surface area contributed by atoms with Gasteiger partial charge in [-0.15, -0.1) is 11.6 Å². The number of carbonyl (C=O) groups excluding carboxylic acids is 1. The van der Waals surface area contributed by atoms with Gasteiger partial charge in [0.05, 0.1) is 22.6 Å². The number of alkyl halides is 1. The van der Waals surface area contributed by atoms with Crippen LogP contribution in [-0.4, -0.2) is 33.2 Å². The molecule has 1 unspecified atom stereocenters. The monoisotopic (exact) mass is 382 g/mol. The van der Waals surface area contributed by atoms with E-state index in [1.807, 2.05) is 24.6 Å². The molecule has 1 N–H and O–H groups in total. The first kappa shape index (κ1) is 18.2. The van der Waals surface area contributed by atoms with E-state index < -0.39 is 0 Å². The maximum atomic E-state index is 11.8. The minimum atomic E-state index is -0.304. The molecule has 8 heteroatoms. The first-order valence-electron chi connectivity index (χ1n) is 8.20. The van der Waals surface area contributed by atoms with Crippen LogP contribution in [0.1, 0.15) is 36.9 Å². The van der Waals surface area contributed by atoms with E-state index in [1.54, 1.807) is 6.07 Å². The normalized spacial score (nSPS) is 17.5. The Hall–Kier alpha value is -1.63. The fraction of sp³-hybridized carbons (Fsp3) is 0.471. The maximum absolute atomic E-state index is 11.8. The second kappa shape index (κ2) is 7.72. The van der Waals surface area contributed by atoms with Gasteiger partial charge in [-0.3, -0.25) is 4.79 Å². The quantitative estimate of drug-likeness (QED) is 0.638. The molecule has 1 saturated heterocycles. The highest BCUT2D eigenvalue weighted by molar-refractivity contribution is 6.33. The number of aromatic nitrogens is 3. The third-order valence-electron chi connectivity index (χ3n) is 4.04. The predicted molar refractivity (Wildman–Crippen MR) is 98.1 cm³/mol. The second-order valence-electron chi connectivity index (χ2n) is 6.10. The number of ether oxygens (including phenoxy) is 1. The number of anilines is 1. The highest BCUT2D eigenvalue weighted by Gasteiger charge is 2.24. The average Bonchev–Trinajstić information content (AvgIpc) is 2.96. The van der Waals surface area contributed by atoms with Gasteiger partial charge in [-0.1, -0.05) is 11.6 Å². The summed E-state index contributed by atoms with van der Waals surface area (Å²) in [6, 6.07) is 3.70. The smallest absolute Gasteiger partial charge is 0.239 e. The van der Waals surface area contributed by atoms with Crippen LogP contribution in [0.25, 0.3) is 11.3 Å². The third-order valence-corrected chi connectivity index (χ3v) is 4.56. The van der Waals surface area contributed by atoms with Gasteiger partial charge in [0.25, 0.3) is 0 Å². The molecule has 3 rings (SSSR count). The number of nitrogens with one attached hydrogen (secondary N) is 1. The van der Waals surface area contributed by atoms with Crippen LogP contribution >= 0.6 is 23.2 Å². The van der Waals surface area contributed by atoms with E-state index in [-0.39, 0.29) is 18.0 Å². The zero-order chi connectivity index (χ0) is 18.0. The number of nitrogens with zero attached hydrogens (tertiary/aromatic N) is 3. The Morgan fingerprint density at radius 3 is 2.84 bits per heavy atom. The summed E-state index contributed by atoms with van der Waals surface area (Å²) >= 11 is 12.1. The van der Waals surface area contributed by atoms with Crippen LogP contribution in [0, 0.1) is 13.8 Å². The SMILES string of the molecule is Cc1cc(NC(=O)CCl)c(-c2cc(C)nn2C2CCCCO2)c(Cl)n1. The van der Waals surface area contributed by atoms with Crippen LogP contribution in [0.15, 0.2) is 12.1 Å². The van der Waals surface area contributed by atoms with E-state index in [2.05, 4.69) is 15.4 Å². The molecule has 0 saturated carbocycles. The third kappa shape index (κ3) is 3.97. The highest BCUT2D eigenvalue weighted by atomic mass is 35.5. The standard InChI is InChI=1S/C17H20Cl2N4O2/c1-10-7-12(21-14(24)9-18)16(17(19)20-10)13-8-11(2)22-23(13)15-5-3-4-6-25-15/h7-8,15H,3-6,9H2,1-2H3,(H,20,21,24). The van der Waals surface area contributed by atoms with Gasteiger partial charge in [-0.25, -0.2) is 9.67 Å². The van der Waals surface area contributed by atoms with E-state index in [0.29, 0.717) is 28.7 Å². The first-order valence-corrected chi connectivity index (χ1v) is 9.12. The first-order chi connectivity index (χ1) is 12.0. The van der Waals surface area contributed by atoms with E-state index in [9.17, 15) is 4.79 Å². The van der Waals surface area contributed by atoms with E-state index >= 15 is 0 Å². The summed E-state index contributed by atoms with van der Waals surface area (Å²) in [6.45, 7) is 4.44. The predicted octanol–water partition coefficient (Wildman–Crippen LogP) is 4.09. The molecular weight excluding hydrogens is 363 g/mol. The molecule has 0 radical (unpaired) electrons. The number of hydrogen-bond donors (Lipinski definition) is 1. The summed E-state index contributed by atoms with van der Waals surface area (Å²) in [5, 5.41) is 7.69. The molecule has 0 bridgehead atoms.